The van der Waals surface area contributed by atoms with Gasteiger partial charge in [-0.05, 0) is 30.3 Å². The molecule has 4 nitrogen and oxygen atoms in total. The van der Waals surface area contributed by atoms with Gasteiger partial charge in [-0.25, -0.2) is 0 Å². The van der Waals surface area contributed by atoms with Crippen molar-refractivity contribution in [3.63, 3.8) is 0 Å². The molecule has 0 aliphatic carbocycles. The van der Waals surface area contributed by atoms with Gasteiger partial charge in [0.2, 0.25) is 0 Å². The largest absolute Gasteiger partial charge is 0.398 e. The number of nitrogen functional groups attached to an aromatic ring is 1. The number of carbonyl (C=O) groups excluding carboxylic acids is 1. The van der Waals surface area contributed by atoms with Crippen molar-refractivity contribution in [2.45, 2.75) is 0 Å². The van der Waals surface area contributed by atoms with Crippen LogP contribution in [0.25, 0.3) is 0 Å². The summed E-state index contributed by atoms with van der Waals surface area (Å²) in [5.74, 6) is -0.420. The van der Waals surface area contributed by atoms with Crippen LogP contribution in [0.1, 0.15) is 15.9 Å². The number of hydrogen-bond donors (Lipinski definition) is 2. The van der Waals surface area contributed by atoms with E-state index in [4.69, 9.17) is 22.6 Å². The summed E-state index contributed by atoms with van der Waals surface area (Å²) >= 11 is 9.29. The lowest BCUT2D eigenvalue weighted by molar-refractivity contribution is 0.102. The van der Waals surface area contributed by atoms with E-state index in [0.717, 1.165) is 4.47 Å². The molecule has 100 valence electrons. The Morgan fingerprint density at radius 3 is 2.80 bits per heavy atom. The third kappa shape index (κ3) is 2.93. The highest BCUT2D eigenvalue weighted by Crippen LogP contribution is 2.26. The lowest BCUT2D eigenvalue weighted by Crippen LogP contribution is -2.14. The number of nitrogens with one attached hydrogen (secondary N) is 1. The molecular weight excluding hydrogens is 342 g/mol. The quantitative estimate of drug-likeness (QED) is 0.808. The lowest BCUT2D eigenvalue weighted by atomic mass is 10.1. The van der Waals surface area contributed by atoms with Crippen molar-refractivity contribution in [2.24, 2.45) is 0 Å². The van der Waals surface area contributed by atoms with Crippen LogP contribution in [0.2, 0.25) is 5.02 Å². The smallest absolute Gasteiger partial charge is 0.257 e. The number of nitrogens with zero attached hydrogens (tertiary/aromatic N) is 1. The molecule has 0 saturated heterocycles. The Morgan fingerprint density at radius 1 is 1.35 bits per heavy atom. The first-order chi connectivity index (χ1) is 9.52. The molecule has 0 aliphatic rings. The predicted octanol–water partition coefficient (Wildman–Crippen LogP) is 3.81. The minimum absolute atomic E-state index is 0.193. The van der Waals surface area contributed by atoms with Gasteiger partial charge in [0.25, 0.3) is 5.91 Å². The number of hydrogen-bond acceptors (Lipinski definition) is 3. The molecule has 3 N–H and O–H groups in total. The molecule has 0 bridgehead atoms. The standard InChI is InChI=1S/C14H9BrClN3O/c15-9-5-4-8(7-17)12(6-9)19-14(20)10-2-1-3-11(18)13(10)16/h1-6H,18H2,(H,19,20). The second-order valence-electron chi connectivity index (χ2n) is 3.96. The SMILES string of the molecule is N#Cc1ccc(Br)cc1NC(=O)c1cccc(N)c1Cl. The third-order valence-corrected chi connectivity index (χ3v) is 3.54. The Hall–Kier alpha value is -2.03. The summed E-state index contributed by atoms with van der Waals surface area (Å²) in [6, 6.07) is 11.8. The minimum Gasteiger partial charge on any atom is -0.398 e. The fourth-order valence-corrected chi connectivity index (χ4v) is 2.21. The van der Waals surface area contributed by atoms with Crippen LogP contribution < -0.4 is 11.1 Å². The maximum Gasteiger partial charge on any atom is 0.257 e. The highest BCUT2D eigenvalue weighted by atomic mass is 79.9. The molecule has 0 aromatic heterocycles. The van der Waals surface area contributed by atoms with Gasteiger partial charge >= 0.3 is 0 Å². The van der Waals surface area contributed by atoms with Gasteiger partial charge in [0, 0.05) is 4.47 Å². The van der Waals surface area contributed by atoms with Crippen LogP contribution in [-0.4, -0.2) is 5.91 Å². The number of anilines is 2. The zero-order valence-electron chi connectivity index (χ0n) is 10.2. The highest BCUT2D eigenvalue weighted by molar-refractivity contribution is 9.10. The average Bonchev–Trinajstić information content (AvgIpc) is 2.42. The molecular formula is C14H9BrClN3O. The maximum absolute atomic E-state index is 12.2. The first-order valence-electron chi connectivity index (χ1n) is 5.58. The molecule has 0 spiro atoms. The molecule has 0 radical (unpaired) electrons. The van der Waals surface area contributed by atoms with Crippen LogP contribution in [-0.2, 0) is 0 Å². The molecule has 0 heterocycles. The zero-order valence-corrected chi connectivity index (χ0v) is 12.5. The Morgan fingerprint density at radius 2 is 2.10 bits per heavy atom. The number of amides is 1. The molecule has 2 aromatic carbocycles. The second-order valence-corrected chi connectivity index (χ2v) is 5.26. The van der Waals surface area contributed by atoms with E-state index in [-0.39, 0.29) is 10.6 Å². The van der Waals surface area contributed by atoms with E-state index in [1.807, 2.05) is 6.07 Å². The fraction of sp³-hybridized carbons (Fsp3) is 0. The van der Waals surface area contributed by atoms with Crippen molar-refractivity contribution in [1.29, 1.82) is 5.26 Å². The van der Waals surface area contributed by atoms with Gasteiger partial charge in [0.1, 0.15) is 6.07 Å². The van der Waals surface area contributed by atoms with E-state index >= 15 is 0 Å². The summed E-state index contributed by atoms with van der Waals surface area (Å²) in [6.45, 7) is 0. The van der Waals surface area contributed by atoms with Crippen LogP contribution in [0.5, 0.6) is 0 Å². The van der Waals surface area contributed by atoms with Gasteiger partial charge in [-0.3, -0.25) is 4.79 Å². The van der Waals surface area contributed by atoms with Crippen LogP contribution in [0.3, 0.4) is 0 Å². The van der Waals surface area contributed by atoms with E-state index in [1.165, 1.54) is 0 Å². The van der Waals surface area contributed by atoms with E-state index in [0.29, 0.717) is 16.9 Å². The lowest BCUT2D eigenvalue weighted by Gasteiger charge is -2.09. The van der Waals surface area contributed by atoms with Crippen molar-refractivity contribution in [3.05, 3.63) is 57.0 Å². The summed E-state index contributed by atoms with van der Waals surface area (Å²) in [4.78, 5) is 12.2. The van der Waals surface area contributed by atoms with Crippen LogP contribution in [0.15, 0.2) is 40.9 Å². The van der Waals surface area contributed by atoms with Crippen molar-refractivity contribution in [1.82, 2.24) is 0 Å². The Kier molecular flexibility index (Phi) is 4.28. The summed E-state index contributed by atoms with van der Waals surface area (Å²) in [6.07, 6.45) is 0. The molecule has 2 aromatic rings. The zero-order chi connectivity index (χ0) is 14.7. The van der Waals surface area contributed by atoms with Gasteiger partial charge in [-0.15, -0.1) is 0 Å². The minimum atomic E-state index is -0.420. The fourth-order valence-electron chi connectivity index (χ4n) is 1.63. The molecule has 2 rings (SSSR count). The molecule has 0 aliphatic heterocycles. The van der Waals surface area contributed by atoms with Crippen LogP contribution in [0.4, 0.5) is 11.4 Å². The van der Waals surface area contributed by atoms with Gasteiger partial charge in [-0.2, -0.15) is 5.26 Å². The number of carbonyl (C=O) groups is 1. The second kappa shape index (κ2) is 5.95. The van der Waals surface area contributed by atoms with E-state index < -0.39 is 5.91 Å². The first-order valence-corrected chi connectivity index (χ1v) is 6.75. The number of nitrogens with two attached hydrogens (primary N) is 1. The normalized spacial score (nSPS) is 9.85. The average molecular weight is 351 g/mol. The first kappa shape index (κ1) is 14.4. The molecule has 1 amide bonds. The van der Waals surface area contributed by atoms with Gasteiger partial charge in [0.15, 0.2) is 0 Å². The number of nitriles is 1. The Labute approximate surface area is 129 Å². The molecule has 0 saturated carbocycles. The number of rotatable bonds is 2. The molecule has 0 atom stereocenters. The summed E-state index contributed by atoms with van der Waals surface area (Å²) in [5, 5.41) is 11.9. The molecule has 0 fully saturated rings. The van der Waals surface area contributed by atoms with Gasteiger partial charge in [-0.1, -0.05) is 33.6 Å². The Bertz CT molecular complexity index is 725. The highest BCUT2D eigenvalue weighted by Gasteiger charge is 2.14. The van der Waals surface area contributed by atoms with Crippen molar-refractivity contribution < 1.29 is 4.79 Å². The summed E-state index contributed by atoms with van der Waals surface area (Å²) in [7, 11) is 0. The predicted molar refractivity (Wildman–Crippen MR) is 82.7 cm³/mol. The number of benzene rings is 2. The van der Waals surface area contributed by atoms with Crippen molar-refractivity contribution >= 4 is 44.8 Å². The van der Waals surface area contributed by atoms with Gasteiger partial charge < -0.3 is 11.1 Å². The molecule has 20 heavy (non-hydrogen) atoms. The summed E-state index contributed by atoms with van der Waals surface area (Å²) in [5.41, 5.74) is 7.02. The van der Waals surface area contributed by atoms with Crippen LogP contribution >= 0.6 is 27.5 Å². The van der Waals surface area contributed by atoms with Crippen molar-refractivity contribution in [2.75, 3.05) is 11.1 Å². The number of halogens is 2. The maximum atomic E-state index is 12.2. The Balaban J connectivity index is 2.35. The molecule has 0 unspecified atom stereocenters. The van der Waals surface area contributed by atoms with E-state index in [9.17, 15) is 4.79 Å². The molecule has 6 heteroatoms. The van der Waals surface area contributed by atoms with E-state index in [1.54, 1.807) is 36.4 Å². The summed E-state index contributed by atoms with van der Waals surface area (Å²) < 4.78 is 0.755. The van der Waals surface area contributed by atoms with E-state index in [2.05, 4.69) is 21.2 Å². The van der Waals surface area contributed by atoms with Gasteiger partial charge in [0.05, 0.1) is 27.5 Å². The van der Waals surface area contributed by atoms with Crippen molar-refractivity contribution in [3.8, 4) is 6.07 Å². The monoisotopic (exact) mass is 349 g/mol. The topological polar surface area (TPSA) is 78.9 Å². The third-order valence-electron chi connectivity index (χ3n) is 2.62. The van der Waals surface area contributed by atoms with Crippen LogP contribution in [0, 0.1) is 11.3 Å².